The van der Waals surface area contributed by atoms with Gasteiger partial charge in [0.05, 0.1) is 10.7 Å². The van der Waals surface area contributed by atoms with Crippen LogP contribution in [-0.2, 0) is 0 Å². The van der Waals surface area contributed by atoms with E-state index in [-0.39, 0.29) is 0 Å². The summed E-state index contributed by atoms with van der Waals surface area (Å²) in [6.07, 6.45) is 13.9. The highest BCUT2D eigenvalue weighted by molar-refractivity contribution is 7.82. The van der Waals surface area contributed by atoms with E-state index in [4.69, 9.17) is 52.1 Å². The highest BCUT2D eigenvalue weighted by Crippen LogP contribution is 2.44. The van der Waals surface area contributed by atoms with Crippen LogP contribution in [0, 0.1) is 0 Å². The monoisotopic (exact) mass is 492 g/mol. The van der Waals surface area contributed by atoms with E-state index in [1.807, 2.05) is 41.5 Å². The van der Waals surface area contributed by atoms with Crippen LogP contribution in [-0.4, -0.2) is 34.3 Å². The van der Waals surface area contributed by atoms with Crippen molar-refractivity contribution in [3.8, 4) is 0 Å². The highest BCUT2D eigenvalue weighted by Gasteiger charge is 2.46. The average Bonchev–Trinajstić information content (AvgIpc) is 3.00. The van der Waals surface area contributed by atoms with E-state index in [9.17, 15) is 0 Å². The smallest absolute Gasteiger partial charge is 0.141 e. The molecular formula is C23H23Cl3N4S. The Morgan fingerprint density at radius 2 is 1.94 bits per heavy atom. The molecule has 162 valence electrons. The molecule has 1 aromatic carbocycles. The third kappa shape index (κ3) is 4.62. The lowest BCUT2D eigenvalue weighted by atomic mass is 9.83. The van der Waals surface area contributed by atoms with Gasteiger partial charge in [0, 0.05) is 28.7 Å². The molecule has 0 saturated carbocycles. The van der Waals surface area contributed by atoms with Gasteiger partial charge < -0.3 is 5.43 Å². The van der Waals surface area contributed by atoms with Gasteiger partial charge in [0.25, 0.3) is 0 Å². The van der Waals surface area contributed by atoms with Crippen molar-refractivity contribution in [2.24, 2.45) is 5.10 Å². The van der Waals surface area contributed by atoms with Crippen LogP contribution in [0.1, 0.15) is 25.7 Å². The average molecular weight is 494 g/mol. The number of hydrogen-bond donors (Lipinski definition) is 1. The van der Waals surface area contributed by atoms with Crippen molar-refractivity contribution in [3.05, 3.63) is 75.8 Å². The van der Waals surface area contributed by atoms with Crippen LogP contribution < -0.4 is 10.4 Å². The molecule has 1 N–H and O–H groups in total. The Kier molecular flexibility index (Phi) is 6.89. The molecule has 1 atom stereocenters. The zero-order chi connectivity index (χ0) is 22.0. The van der Waals surface area contributed by atoms with Crippen molar-refractivity contribution in [2.75, 3.05) is 18.1 Å². The number of rotatable bonds is 3. The van der Waals surface area contributed by atoms with Gasteiger partial charge in [-0.2, -0.15) is 5.10 Å². The zero-order valence-corrected chi connectivity index (χ0v) is 20.0. The van der Waals surface area contributed by atoms with Crippen LogP contribution in [0.4, 0.5) is 5.69 Å². The Labute approximate surface area is 203 Å². The van der Waals surface area contributed by atoms with Crippen molar-refractivity contribution in [2.45, 2.75) is 31.2 Å². The predicted octanol–water partition coefficient (Wildman–Crippen LogP) is 6.42. The lowest BCUT2D eigenvalue weighted by Gasteiger charge is -2.36. The number of hydrogen-bond acceptors (Lipinski definition) is 4. The van der Waals surface area contributed by atoms with Gasteiger partial charge in [0.2, 0.25) is 0 Å². The first-order valence-electron chi connectivity index (χ1n) is 10.2. The van der Waals surface area contributed by atoms with Crippen LogP contribution in [0.2, 0.25) is 10.0 Å². The number of nitrogens with zero attached hydrogens (tertiary/aromatic N) is 3. The summed E-state index contributed by atoms with van der Waals surface area (Å²) in [5.41, 5.74) is 4.89. The van der Waals surface area contributed by atoms with Crippen molar-refractivity contribution in [3.63, 3.8) is 0 Å². The summed E-state index contributed by atoms with van der Waals surface area (Å²) < 4.78 is 0. The molecule has 1 fully saturated rings. The molecule has 0 bridgehead atoms. The molecule has 1 aromatic rings. The largest absolute Gasteiger partial charge is 0.308 e. The van der Waals surface area contributed by atoms with Crippen LogP contribution in [0.25, 0.3) is 0 Å². The molecule has 4 rings (SSSR count). The molecule has 8 heteroatoms. The maximum absolute atomic E-state index is 6.58. The Hall–Kier alpha value is -1.63. The lowest BCUT2D eigenvalue weighted by molar-refractivity contribution is 0.197. The summed E-state index contributed by atoms with van der Waals surface area (Å²) >= 11 is 24.7. The number of allylic oxidation sites excluding steroid dienone is 4. The topological polar surface area (TPSA) is 30.9 Å². The molecule has 31 heavy (non-hydrogen) atoms. The number of hydrazone groups is 1. The molecule has 1 aliphatic carbocycles. The first-order valence-corrected chi connectivity index (χ1v) is 11.8. The van der Waals surface area contributed by atoms with Crippen molar-refractivity contribution < 1.29 is 0 Å². The van der Waals surface area contributed by atoms with Crippen LogP contribution in [0.3, 0.4) is 0 Å². The quantitative estimate of drug-likeness (QED) is 0.492. The van der Waals surface area contributed by atoms with Gasteiger partial charge in [-0.15, -0.1) is 0 Å². The summed E-state index contributed by atoms with van der Waals surface area (Å²) in [7, 11) is 0. The number of halogens is 3. The van der Waals surface area contributed by atoms with Gasteiger partial charge in [0.15, 0.2) is 0 Å². The minimum absolute atomic E-state index is 0.507. The number of anilines is 1. The van der Waals surface area contributed by atoms with E-state index < -0.39 is 5.54 Å². The standard InChI is InChI=1S/C23H23Cl3N4S/c1-16-21(22(31)28-29-13-3-2-4-14-29)27-30(20-10-9-18(25)15-19(20)26)23(16)11-5-7-17(24)8-6-12-23/h5-11,15H,1-4,12-14H2,(H,28,31)/b8-6-,11-5+,17-7+. The number of thiocarbonyl (C=S) groups is 1. The maximum atomic E-state index is 6.58. The third-order valence-corrected chi connectivity index (χ3v) is 6.76. The molecule has 1 spiro atoms. The molecular weight excluding hydrogens is 471 g/mol. The van der Waals surface area contributed by atoms with Gasteiger partial charge in [0.1, 0.15) is 16.2 Å². The summed E-state index contributed by atoms with van der Waals surface area (Å²) in [4.78, 5) is 0.562. The Morgan fingerprint density at radius 3 is 2.68 bits per heavy atom. The summed E-state index contributed by atoms with van der Waals surface area (Å²) in [5.74, 6) is 0. The maximum Gasteiger partial charge on any atom is 0.141 e. The SMILES string of the molecule is C=C1C(C(=S)NN2CCCCC2)=NN(c2ccc(Cl)cc2Cl)C12/C=C/C=C(Cl)\C=C/C2. The summed E-state index contributed by atoms with van der Waals surface area (Å²) in [6.45, 7) is 6.34. The van der Waals surface area contributed by atoms with E-state index in [2.05, 4.69) is 17.0 Å². The zero-order valence-electron chi connectivity index (χ0n) is 17.0. The Balaban J connectivity index is 1.74. The fourth-order valence-corrected chi connectivity index (χ4v) is 4.99. The molecule has 1 saturated heterocycles. The van der Waals surface area contributed by atoms with Gasteiger partial charge in [-0.25, -0.2) is 10.0 Å². The van der Waals surface area contributed by atoms with Crippen LogP contribution >= 0.6 is 47.0 Å². The summed E-state index contributed by atoms with van der Waals surface area (Å²) in [6, 6.07) is 5.38. The fraction of sp³-hybridized carbons (Fsp3) is 0.304. The van der Waals surface area contributed by atoms with Gasteiger partial charge in [-0.1, -0.05) is 78.2 Å². The number of piperidine rings is 1. The van der Waals surface area contributed by atoms with E-state index in [1.54, 1.807) is 12.1 Å². The second-order valence-electron chi connectivity index (χ2n) is 7.76. The first-order chi connectivity index (χ1) is 14.9. The molecule has 0 radical (unpaired) electrons. The molecule has 4 nitrogen and oxygen atoms in total. The van der Waals surface area contributed by atoms with Gasteiger partial charge in [-0.3, -0.25) is 0 Å². The minimum Gasteiger partial charge on any atom is -0.308 e. The van der Waals surface area contributed by atoms with Gasteiger partial charge >= 0.3 is 0 Å². The molecule has 3 aliphatic rings. The normalized spacial score (nSPS) is 27.8. The van der Waals surface area contributed by atoms with E-state index in [0.29, 0.717) is 32.2 Å². The third-order valence-electron chi connectivity index (χ3n) is 5.69. The number of nitrogens with one attached hydrogen (secondary N) is 1. The molecule has 0 amide bonds. The van der Waals surface area contributed by atoms with E-state index >= 15 is 0 Å². The highest BCUT2D eigenvalue weighted by atomic mass is 35.5. The molecule has 2 heterocycles. The molecule has 2 aliphatic heterocycles. The van der Waals surface area contributed by atoms with Crippen molar-refractivity contribution in [1.82, 2.24) is 10.4 Å². The minimum atomic E-state index is -0.662. The van der Waals surface area contributed by atoms with E-state index in [1.165, 1.54) is 6.42 Å². The molecule has 1 unspecified atom stereocenters. The van der Waals surface area contributed by atoms with Crippen LogP contribution in [0.5, 0.6) is 0 Å². The Bertz CT molecular complexity index is 1020. The lowest BCUT2D eigenvalue weighted by Crippen LogP contribution is -2.48. The number of hydrazine groups is 1. The van der Waals surface area contributed by atoms with Gasteiger partial charge in [-0.05, 0) is 49.6 Å². The second-order valence-corrected chi connectivity index (χ2v) is 9.45. The second kappa shape index (κ2) is 9.47. The Morgan fingerprint density at radius 1 is 1.16 bits per heavy atom. The van der Waals surface area contributed by atoms with Crippen molar-refractivity contribution in [1.29, 1.82) is 0 Å². The fourth-order valence-electron chi connectivity index (χ4n) is 4.04. The summed E-state index contributed by atoms with van der Waals surface area (Å²) in [5, 5.41) is 10.7. The number of benzene rings is 1. The van der Waals surface area contributed by atoms with Crippen LogP contribution in [0.15, 0.2) is 70.9 Å². The van der Waals surface area contributed by atoms with E-state index in [0.717, 1.165) is 37.2 Å². The first kappa shape index (κ1) is 22.6. The molecule has 0 aromatic heterocycles. The predicted molar refractivity (Wildman–Crippen MR) is 136 cm³/mol. The van der Waals surface area contributed by atoms with Crippen molar-refractivity contribution >= 4 is 63.4 Å².